The van der Waals surface area contributed by atoms with E-state index < -0.39 is 54.8 Å². The Morgan fingerprint density at radius 3 is 1.42 bits per heavy atom. The fourth-order valence-electron chi connectivity index (χ4n) is 5.13. The van der Waals surface area contributed by atoms with Crippen LogP contribution in [0.15, 0.2) is 0 Å². The van der Waals surface area contributed by atoms with Crippen molar-refractivity contribution in [2.75, 3.05) is 19.6 Å². The molecule has 0 rings (SSSR count). The minimum absolute atomic E-state index is 0.0299. The summed E-state index contributed by atoms with van der Waals surface area (Å²) in [4.78, 5) is 91.5. The van der Waals surface area contributed by atoms with Crippen LogP contribution in [0.1, 0.15) is 135 Å². The van der Waals surface area contributed by atoms with E-state index >= 15 is 0 Å². The molecule has 16 nitrogen and oxygen atoms in total. The average molecular weight is 714 g/mol. The van der Waals surface area contributed by atoms with Gasteiger partial charge < -0.3 is 41.9 Å². The minimum atomic E-state index is -1.46. The molecule has 0 saturated heterocycles. The Kier molecular flexibility index (Phi) is 28.2. The first-order valence-electron chi connectivity index (χ1n) is 17.9. The van der Waals surface area contributed by atoms with Crippen molar-refractivity contribution in [1.82, 2.24) is 26.6 Å². The van der Waals surface area contributed by atoms with E-state index in [0.717, 1.165) is 44.9 Å². The number of carboxylic acids is 3. The van der Waals surface area contributed by atoms with Crippen LogP contribution in [-0.4, -0.2) is 95.0 Å². The van der Waals surface area contributed by atoms with Gasteiger partial charge in [0.25, 0.3) is 0 Å². The third-order valence-corrected chi connectivity index (χ3v) is 7.95. The van der Waals surface area contributed by atoms with Crippen LogP contribution >= 0.6 is 0 Å². The van der Waals surface area contributed by atoms with Crippen molar-refractivity contribution in [2.45, 2.75) is 147 Å². The third kappa shape index (κ3) is 28.7. The second-order valence-corrected chi connectivity index (χ2v) is 12.4. The van der Waals surface area contributed by atoms with Crippen LogP contribution in [0.2, 0.25) is 0 Å². The molecular formula is C34H59N5O11. The number of carboxylic acid groups (broad SMARTS) is 3. The molecule has 0 spiro atoms. The fourth-order valence-corrected chi connectivity index (χ4v) is 5.13. The Labute approximate surface area is 294 Å². The molecule has 0 aromatic carbocycles. The van der Waals surface area contributed by atoms with Crippen LogP contribution in [0, 0.1) is 0 Å². The summed E-state index contributed by atoms with van der Waals surface area (Å²) >= 11 is 0. The number of carbonyl (C=O) groups is 8. The summed E-state index contributed by atoms with van der Waals surface area (Å²) in [7, 11) is 0. The highest BCUT2D eigenvalue weighted by molar-refractivity contribution is 5.89. The second kappa shape index (κ2) is 30.8. The van der Waals surface area contributed by atoms with Gasteiger partial charge in [0.15, 0.2) is 0 Å². The first-order valence-corrected chi connectivity index (χ1v) is 17.9. The number of carbonyl (C=O) groups excluding carboxylic acids is 5. The van der Waals surface area contributed by atoms with Crippen LogP contribution < -0.4 is 26.6 Å². The van der Waals surface area contributed by atoms with Crippen LogP contribution in [0.5, 0.6) is 0 Å². The molecule has 0 aliphatic carbocycles. The largest absolute Gasteiger partial charge is 0.481 e. The molecule has 0 heterocycles. The average Bonchev–Trinajstić information content (AvgIpc) is 3.05. The SMILES string of the molecule is O=CNCC(=O)NC(CC(=O)NCCCCC(=O)NCCC(NC(=O)CCCCCCCCCCCCCCCCC(=O)O)C(=O)O)C(=O)O. The molecule has 0 aromatic heterocycles. The molecular weight excluding hydrogens is 654 g/mol. The number of unbranched alkanes of at least 4 members (excludes halogenated alkanes) is 14. The molecule has 0 fully saturated rings. The third-order valence-electron chi connectivity index (χ3n) is 7.95. The maximum atomic E-state index is 12.3. The summed E-state index contributed by atoms with van der Waals surface area (Å²) in [6.45, 7) is -0.186. The highest BCUT2D eigenvalue weighted by Crippen LogP contribution is 2.14. The van der Waals surface area contributed by atoms with E-state index in [4.69, 9.17) is 5.11 Å². The lowest BCUT2D eigenvalue weighted by Crippen LogP contribution is -2.46. The Morgan fingerprint density at radius 1 is 0.480 bits per heavy atom. The number of rotatable bonds is 34. The van der Waals surface area contributed by atoms with Crippen molar-refractivity contribution in [3.8, 4) is 0 Å². The molecule has 16 heteroatoms. The van der Waals surface area contributed by atoms with Crippen molar-refractivity contribution < 1.29 is 53.7 Å². The molecule has 0 saturated carbocycles. The lowest BCUT2D eigenvalue weighted by Gasteiger charge is -2.15. The van der Waals surface area contributed by atoms with Gasteiger partial charge >= 0.3 is 17.9 Å². The van der Waals surface area contributed by atoms with Gasteiger partial charge in [-0.2, -0.15) is 0 Å². The molecule has 2 unspecified atom stereocenters. The Balaban J connectivity index is 3.90. The second-order valence-electron chi connectivity index (χ2n) is 12.4. The molecule has 8 N–H and O–H groups in total. The van der Waals surface area contributed by atoms with E-state index in [0.29, 0.717) is 19.3 Å². The first kappa shape index (κ1) is 45.8. The number of nitrogens with one attached hydrogen (secondary N) is 5. The van der Waals surface area contributed by atoms with Crippen LogP contribution in [0.3, 0.4) is 0 Å². The number of amides is 5. The predicted molar refractivity (Wildman–Crippen MR) is 184 cm³/mol. The van der Waals surface area contributed by atoms with Crippen LogP contribution in [0.25, 0.3) is 0 Å². The van der Waals surface area contributed by atoms with Crippen molar-refractivity contribution >= 4 is 47.9 Å². The zero-order chi connectivity index (χ0) is 37.4. The molecule has 0 aromatic rings. The van der Waals surface area contributed by atoms with Gasteiger partial charge in [-0.05, 0) is 32.1 Å². The molecule has 0 bridgehead atoms. The van der Waals surface area contributed by atoms with Gasteiger partial charge in [-0.15, -0.1) is 0 Å². The van der Waals surface area contributed by atoms with Gasteiger partial charge in [0.2, 0.25) is 30.0 Å². The topological polar surface area (TPSA) is 257 Å². The summed E-state index contributed by atoms with van der Waals surface area (Å²) in [5.41, 5.74) is 0. The fraction of sp³-hybridized carbons (Fsp3) is 0.765. The van der Waals surface area contributed by atoms with Gasteiger partial charge in [0, 0.05) is 32.4 Å². The minimum Gasteiger partial charge on any atom is -0.481 e. The summed E-state index contributed by atoms with van der Waals surface area (Å²) < 4.78 is 0. The van der Waals surface area contributed by atoms with E-state index in [1.807, 2.05) is 0 Å². The molecule has 286 valence electrons. The Bertz CT molecular complexity index is 1040. The van der Waals surface area contributed by atoms with Crippen molar-refractivity contribution in [3.05, 3.63) is 0 Å². The Morgan fingerprint density at radius 2 is 0.920 bits per heavy atom. The van der Waals surface area contributed by atoms with E-state index in [2.05, 4.69) is 26.6 Å². The number of aliphatic carboxylic acids is 3. The standard InChI is InChI=1S/C34H59N5O11/c40-25-35-24-31(44)39-27(34(49)50)23-30(43)36-21-16-15-17-28(41)37-22-20-26(33(47)48)38-29(42)18-13-11-9-7-5-3-1-2-4-6-8-10-12-14-19-32(45)46/h25-27H,1-24H2,(H,35,40)(H,36,43)(H,37,41)(H,38,42)(H,39,44)(H,45,46)(H,47,48)(H,49,50). The van der Waals surface area contributed by atoms with E-state index in [-0.39, 0.29) is 57.0 Å². The number of hydrogen-bond acceptors (Lipinski definition) is 8. The van der Waals surface area contributed by atoms with Gasteiger partial charge in [0.1, 0.15) is 12.1 Å². The van der Waals surface area contributed by atoms with Crippen LogP contribution in [-0.2, 0) is 38.4 Å². The highest BCUT2D eigenvalue weighted by Gasteiger charge is 2.23. The normalized spacial score (nSPS) is 11.8. The maximum Gasteiger partial charge on any atom is 0.326 e. The molecule has 0 aliphatic heterocycles. The zero-order valence-electron chi connectivity index (χ0n) is 29.3. The van der Waals surface area contributed by atoms with Gasteiger partial charge in [0.05, 0.1) is 13.0 Å². The quantitative estimate of drug-likeness (QED) is 0.0355. The maximum absolute atomic E-state index is 12.3. The number of hydrogen-bond donors (Lipinski definition) is 8. The molecule has 0 aliphatic rings. The summed E-state index contributed by atoms with van der Waals surface area (Å²) in [6.07, 6.45) is 16.2. The lowest BCUT2D eigenvalue weighted by molar-refractivity contribution is -0.143. The van der Waals surface area contributed by atoms with Crippen molar-refractivity contribution in [2.24, 2.45) is 0 Å². The van der Waals surface area contributed by atoms with E-state index in [9.17, 15) is 48.6 Å². The smallest absolute Gasteiger partial charge is 0.326 e. The van der Waals surface area contributed by atoms with E-state index in [1.54, 1.807) is 0 Å². The van der Waals surface area contributed by atoms with Gasteiger partial charge in [-0.3, -0.25) is 28.8 Å². The summed E-state index contributed by atoms with van der Waals surface area (Å²) in [6, 6.07) is -2.58. The summed E-state index contributed by atoms with van der Waals surface area (Å²) in [5.74, 6) is -5.32. The van der Waals surface area contributed by atoms with Gasteiger partial charge in [-0.1, -0.05) is 77.0 Å². The molecule has 0 radical (unpaired) electrons. The van der Waals surface area contributed by atoms with Crippen LogP contribution in [0.4, 0.5) is 0 Å². The van der Waals surface area contributed by atoms with Crippen molar-refractivity contribution in [3.63, 3.8) is 0 Å². The highest BCUT2D eigenvalue weighted by atomic mass is 16.4. The monoisotopic (exact) mass is 713 g/mol. The molecule has 50 heavy (non-hydrogen) atoms. The molecule has 5 amide bonds. The van der Waals surface area contributed by atoms with E-state index in [1.165, 1.54) is 38.5 Å². The first-order chi connectivity index (χ1) is 24.0. The lowest BCUT2D eigenvalue weighted by atomic mass is 10.0. The zero-order valence-corrected chi connectivity index (χ0v) is 29.3. The summed E-state index contributed by atoms with van der Waals surface area (Å²) in [5, 5.41) is 39.2. The predicted octanol–water partition coefficient (Wildman–Crippen LogP) is 2.38. The van der Waals surface area contributed by atoms with Crippen molar-refractivity contribution in [1.29, 1.82) is 0 Å². The Hall–Kier alpha value is -4.24. The molecule has 2 atom stereocenters. The van der Waals surface area contributed by atoms with Gasteiger partial charge in [-0.25, -0.2) is 9.59 Å².